The minimum absolute atomic E-state index is 0.0567. The number of nitrogens with two attached hydrogens (primary N) is 1. The first-order chi connectivity index (χ1) is 10.3. The summed E-state index contributed by atoms with van der Waals surface area (Å²) in [7, 11) is 0. The summed E-state index contributed by atoms with van der Waals surface area (Å²) in [6.45, 7) is 4.79. The maximum Gasteiger partial charge on any atom is 0.238 e. The molecule has 1 atom stereocenters. The Morgan fingerprint density at radius 1 is 1.43 bits per heavy atom. The standard InChI is InChI=1S/C15H20N4O2/c1-11-14(16)19(12-5-3-2-4-6-12)18-15(11)21-10-13-9-17-7-8-20-13/h2-6,13,17H,7-10,16H2,1H3. The van der Waals surface area contributed by atoms with Gasteiger partial charge in [-0.2, -0.15) is 0 Å². The molecule has 1 unspecified atom stereocenters. The zero-order valence-electron chi connectivity index (χ0n) is 12.1. The van der Waals surface area contributed by atoms with E-state index in [1.165, 1.54) is 0 Å². The van der Waals surface area contributed by atoms with Gasteiger partial charge < -0.3 is 20.5 Å². The number of hydrogen-bond donors (Lipinski definition) is 2. The molecule has 1 aliphatic heterocycles. The molecule has 0 bridgehead atoms. The molecule has 3 rings (SSSR count). The van der Waals surface area contributed by atoms with Gasteiger partial charge in [0.15, 0.2) is 0 Å². The number of hydrogen-bond acceptors (Lipinski definition) is 5. The van der Waals surface area contributed by atoms with E-state index in [0.29, 0.717) is 24.9 Å². The number of para-hydroxylation sites is 1. The molecule has 1 aromatic carbocycles. The zero-order chi connectivity index (χ0) is 14.7. The third kappa shape index (κ3) is 3.01. The molecule has 6 nitrogen and oxygen atoms in total. The first-order valence-electron chi connectivity index (χ1n) is 7.11. The second-order valence-corrected chi connectivity index (χ2v) is 5.07. The lowest BCUT2D eigenvalue weighted by atomic mass is 10.3. The van der Waals surface area contributed by atoms with Crippen molar-refractivity contribution in [3.63, 3.8) is 0 Å². The SMILES string of the molecule is Cc1c(OCC2CNCCO2)nn(-c2ccccc2)c1N. The second-order valence-electron chi connectivity index (χ2n) is 5.07. The first kappa shape index (κ1) is 13.9. The van der Waals surface area contributed by atoms with Crippen molar-refractivity contribution in [3.05, 3.63) is 35.9 Å². The van der Waals surface area contributed by atoms with Crippen molar-refractivity contribution in [2.24, 2.45) is 0 Å². The van der Waals surface area contributed by atoms with Crippen LogP contribution in [0.25, 0.3) is 5.69 Å². The van der Waals surface area contributed by atoms with E-state index in [-0.39, 0.29) is 6.10 Å². The fourth-order valence-corrected chi connectivity index (χ4v) is 2.29. The molecule has 0 radical (unpaired) electrons. The number of ether oxygens (including phenoxy) is 2. The van der Waals surface area contributed by atoms with E-state index in [9.17, 15) is 0 Å². The van der Waals surface area contributed by atoms with Crippen molar-refractivity contribution in [3.8, 4) is 11.6 Å². The lowest BCUT2D eigenvalue weighted by Crippen LogP contribution is -2.41. The number of nitrogens with one attached hydrogen (secondary N) is 1. The Balaban J connectivity index is 1.74. The average Bonchev–Trinajstić information content (AvgIpc) is 2.83. The monoisotopic (exact) mass is 288 g/mol. The third-order valence-electron chi connectivity index (χ3n) is 3.54. The van der Waals surface area contributed by atoms with Gasteiger partial charge in [0, 0.05) is 13.1 Å². The summed E-state index contributed by atoms with van der Waals surface area (Å²) in [5.74, 6) is 1.16. The van der Waals surface area contributed by atoms with E-state index in [4.69, 9.17) is 15.2 Å². The molecular weight excluding hydrogens is 268 g/mol. The largest absolute Gasteiger partial charge is 0.474 e. The maximum atomic E-state index is 6.12. The predicted molar refractivity (Wildman–Crippen MR) is 80.8 cm³/mol. The number of rotatable bonds is 4. The van der Waals surface area contributed by atoms with Gasteiger partial charge in [-0.25, -0.2) is 4.68 Å². The van der Waals surface area contributed by atoms with Gasteiger partial charge in [-0.05, 0) is 19.1 Å². The number of aromatic nitrogens is 2. The van der Waals surface area contributed by atoms with Crippen LogP contribution < -0.4 is 15.8 Å². The van der Waals surface area contributed by atoms with Crippen LogP contribution in [-0.2, 0) is 4.74 Å². The van der Waals surface area contributed by atoms with Gasteiger partial charge in [0.2, 0.25) is 5.88 Å². The van der Waals surface area contributed by atoms with Crippen molar-refractivity contribution in [2.75, 3.05) is 32.0 Å². The Morgan fingerprint density at radius 2 is 2.24 bits per heavy atom. The minimum atomic E-state index is 0.0567. The Hall–Kier alpha value is -2.05. The van der Waals surface area contributed by atoms with Crippen molar-refractivity contribution >= 4 is 5.82 Å². The molecule has 0 saturated carbocycles. The normalized spacial score (nSPS) is 18.6. The van der Waals surface area contributed by atoms with E-state index in [1.807, 2.05) is 37.3 Å². The van der Waals surface area contributed by atoms with Gasteiger partial charge >= 0.3 is 0 Å². The van der Waals surface area contributed by atoms with Crippen molar-refractivity contribution < 1.29 is 9.47 Å². The number of nitrogens with zero attached hydrogens (tertiary/aromatic N) is 2. The Morgan fingerprint density at radius 3 is 2.95 bits per heavy atom. The molecule has 0 spiro atoms. The van der Waals surface area contributed by atoms with Gasteiger partial charge in [-0.3, -0.25) is 0 Å². The van der Waals surface area contributed by atoms with Crippen molar-refractivity contribution in [1.29, 1.82) is 0 Å². The second kappa shape index (κ2) is 6.15. The van der Waals surface area contributed by atoms with Gasteiger partial charge in [-0.15, -0.1) is 5.10 Å². The predicted octanol–water partition coefficient (Wildman–Crippen LogP) is 1.13. The van der Waals surface area contributed by atoms with E-state index in [2.05, 4.69) is 10.4 Å². The Bertz CT molecular complexity index is 591. The summed E-state index contributed by atoms with van der Waals surface area (Å²) in [6.07, 6.45) is 0.0567. The summed E-state index contributed by atoms with van der Waals surface area (Å²) in [5, 5.41) is 7.73. The van der Waals surface area contributed by atoms with E-state index < -0.39 is 0 Å². The van der Waals surface area contributed by atoms with Crippen molar-refractivity contribution in [2.45, 2.75) is 13.0 Å². The van der Waals surface area contributed by atoms with Crippen LogP contribution in [0.5, 0.6) is 5.88 Å². The minimum Gasteiger partial charge on any atom is -0.474 e. The summed E-state index contributed by atoms with van der Waals surface area (Å²) >= 11 is 0. The topological polar surface area (TPSA) is 74.3 Å². The fraction of sp³-hybridized carbons (Fsp3) is 0.400. The lowest BCUT2D eigenvalue weighted by molar-refractivity contribution is -0.000938. The molecule has 6 heteroatoms. The van der Waals surface area contributed by atoms with E-state index >= 15 is 0 Å². The molecule has 2 aromatic rings. The molecule has 3 N–H and O–H groups in total. The van der Waals surface area contributed by atoms with Crippen molar-refractivity contribution in [1.82, 2.24) is 15.1 Å². The summed E-state index contributed by atoms with van der Waals surface area (Å²) < 4.78 is 13.1. The fourth-order valence-electron chi connectivity index (χ4n) is 2.29. The van der Waals surface area contributed by atoms with Crippen LogP contribution in [0.2, 0.25) is 0 Å². The number of anilines is 1. The molecule has 1 aliphatic rings. The molecule has 112 valence electrons. The lowest BCUT2D eigenvalue weighted by Gasteiger charge is -2.23. The molecule has 1 fully saturated rings. The zero-order valence-corrected chi connectivity index (χ0v) is 12.1. The highest BCUT2D eigenvalue weighted by Crippen LogP contribution is 2.25. The van der Waals surface area contributed by atoms with Gasteiger partial charge in [0.25, 0.3) is 0 Å². The number of benzene rings is 1. The molecule has 0 aliphatic carbocycles. The molecule has 1 saturated heterocycles. The Kier molecular flexibility index (Phi) is 4.08. The Labute approximate surface area is 123 Å². The molecule has 2 heterocycles. The summed E-state index contributed by atoms with van der Waals surface area (Å²) in [6, 6.07) is 9.78. The molecule has 21 heavy (non-hydrogen) atoms. The maximum absolute atomic E-state index is 6.12. The van der Waals surface area contributed by atoms with E-state index in [1.54, 1.807) is 4.68 Å². The van der Waals surface area contributed by atoms with Crippen LogP contribution in [0.15, 0.2) is 30.3 Å². The molecule has 1 aromatic heterocycles. The highest BCUT2D eigenvalue weighted by Gasteiger charge is 2.18. The smallest absolute Gasteiger partial charge is 0.238 e. The first-order valence-corrected chi connectivity index (χ1v) is 7.11. The number of nitrogen functional groups attached to an aromatic ring is 1. The molecule has 0 amide bonds. The summed E-state index contributed by atoms with van der Waals surface area (Å²) in [4.78, 5) is 0. The number of morpholine rings is 1. The highest BCUT2D eigenvalue weighted by molar-refractivity contribution is 5.51. The van der Waals surface area contributed by atoms with E-state index in [0.717, 1.165) is 24.3 Å². The van der Waals surface area contributed by atoms with Crippen LogP contribution in [0, 0.1) is 6.92 Å². The van der Waals surface area contributed by atoms with Crippen LogP contribution in [0.4, 0.5) is 5.82 Å². The van der Waals surface area contributed by atoms with Crippen LogP contribution in [0.1, 0.15) is 5.56 Å². The third-order valence-corrected chi connectivity index (χ3v) is 3.54. The van der Waals surface area contributed by atoms with Crippen LogP contribution >= 0.6 is 0 Å². The summed E-state index contributed by atoms with van der Waals surface area (Å²) in [5.41, 5.74) is 7.89. The average molecular weight is 288 g/mol. The van der Waals surface area contributed by atoms with Gasteiger partial charge in [-0.1, -0.05) is 18.2 Å². The molecular formula is C15H20N4O2. The van der Waals surface area contributed by atoms with Crippen LogP contribution in [0.3, 0.4) is 0 Å². The van der Waals surface area contributed by atoms with Gasteiger partial charge in [0.05, 0.1) is 17.9 Å². The highest BCUT2D eigenvalue weighted by atomic mass is 16.5. The van der Waals surface area contributed by atoms with Gasteiger partial charge in [0.1, 0.15) is 18.5 Å². The quantitative estimate of drug-likeness (QED) is 0.882. The van der Waals surface area contributed by atoms with Crippen LogP contribution in [-0.4, -0.2) is 42.2 Å².